The number of nitrogens with zero attached hydrogens (tertiary/aromatic N) is 4. The molecule has 0 bridgehead atoms. The van der Waals surface area contributed by atoms with Crippen LogP contribution in [0.4, 0.5) is 5.82 Å². The van der Waals surface area contributed by atoms with Gasteiger partial charge >= 0.3 is 0 Å². The molecule has 1 aromatic heterocycles. The van der Waals surface area contributed by atoms with Gasteiger partial charge in [-0.25, -0.2) is 4.98 Å². The molecule has 0 aliphatic rings. The molecule has 0 spiro atoms. The van der Waals surface area contributed by atoms with Crippen molar-refractivity contribution in [2.75, 3.05) is 25.5 Å². The standard InChI is InChI=1S/C17H17ClN4O/c1-21(2)16-11-14(10-15(18)20-16)17(23)22(9-8-19)12-13-6-4-3-5-7-13/h3-7,10-11H,9,12H2,1-2H3. The van der Waals surface area contributed by atoms with Gasteiger partial charge in [0.2, 0.25) is 0 Å². The number of nitriles is 1. The number of hydrogen-bond acceptors (Lipinski definition) is 4. The molecular weight excluding hydrogens is 312 g/mol. The lowest BCUT2D eigenvalue weighted by Gasteiger charge is -2.21. The molecule has 2 aromatic rings. The number of benzene rings is 1. The van der Waals surface area contributed by atoms with Gasteiger partial charge in [-0.2, -0.15) is 5.26 Å². The molecule has 0 aliphatic heterocycles. The van der Waals surface area contributed by atoms with Gasteiger partial charge in [0.1, 0.15) is 17.5 Å². The molecule has 2 rings (SSSR count). The zero-order valence-electron chi connectivity index (χ0n) is 13.0. The lowest BCUT2D eigenvalue weighted by Crippen LogP contribution is -2.31. The van der Waals surface area contributed by atoms with Crippen molar-refractivity contribution in [2.45, 2.75) is 6.54 Å². The van der Waals surface area contributed by atoms with Gasteiger partial charge in [-0.15, -0.1) is 0 Å². The maximum Gasteiger partial charge on any atom is 0.255 e. The van der Waals surface area contributed by atoms with E-state index in [0.29, 0.717) is 17.9 Å². The molecule has 5 nitrogen and oxygen atoms in total. The summed E-state index contributed by atoms with van der Waals surface area (Å²) >= 11 is 6.01. The van der Waals surface area contributed by atoms with Gasteiger partial charge in [-0.3, -0.25) is 4.79 Å². The summed E-state index contributed by atoms with van der Waals surface area (Å²) in [5.41, 5.74) is 1.38. The van der Waals surface area contributed by atoms with Crippen molar-refractivity contribution in [1.29, 1.82) is 5.26 Å². The van der Waals surface area contributed by atoms with E-state index in [-0.39, 0.29) is 17.6 Å². The van der Waals surface area contributed by atoms with Crippen molar-refractivity contribution in [3.63, 3.8) is 0 Å². The maximum absolute atomic E-state index is 12.7. The molecule has 6 heteroatoms. The number of carbonyl (C=O) groups excluding carboxylic acids is 1. The van der Waals surface area contributed by atoms with Crippen molar-refractivity contribution < 1.29 is 4.79 Å². The van der Waals surface area contributed by atoms with E-state index >= 15 is 0 Å². The van der Waals surface area contributed by atoms with Gasteiger partial charge in [0, 0.05) is 26.2 Å². The lowest BCUT2D eigenvalue weighted by molar-refractivity contribution is 0.0765. The molecule has 1 aromatic carbocycles. The minimum absolute atomic E-state index is 0.00493. The molecule has 0 aliphatic carbocycles. The van der Waals surface area contributed by atoms with E-state index in [0.717, 1.165) is 5.56 Å². The molecule has 0 atom stereocenters. The first-order chi connectivity index (χ1) is 11.0. The molecule has 0 saturated heterocycles. The third kappa shape index (κ3) is 4.44. The number of pyridine rings is 1. The van der Waals surface area contributed by atoms with E-state index in [2.05, 4.69) is 4.98 Å². The molecule has 0 unspecified atom stereocenters. The molecular formula is C17H17ClN4O. The van der Waals surface area contributed by atoms with Crippen LogP contribution in [0.25, 0.3) is 0 Å². The summed E-state index contributed by atoms with van der Waals surface area (Å²) in [6.45, 7) is 0.370. The van der Waals surface area contributed by atoms with E-state index in [1.54, 1.807) is 11.0 Å². The topological polar surface area (TPSA) is 60.2 Å². The van der Waals surface area contributed by atoms with Gasteiger partial charge in [0.25, 0.3) is 5.91 Å². The van der Waals surface area contributed by atoms with Crippen molar-refractivity contribution >= 4 is 23.3 Å². The van der Waals surface area contributed by atoms with Gasteiger partial charge in [-0.1, -0.05) is 41.9 Å². The Bertz CT molecular complexity index is 725. The quantitative estimate of drug-likeness (QED) is 0.625. The first kappa shape index (κ1) is 16.8. The fourth-order valence-corrected chi connectivity index (χ4v) is 2.31. The third-order valence-corrected chi connectivity index (χ3v) is 3.44. The van der Waals surface area contributed by atoms with Gasteiger partial charge < -0.3 is 9.80 Å². The van der Waals surface area contributed by atoms with Crippen LogP contribution in [0.1, 0.15) is 15.9 Å². The molecule has 1 amide bonds. The molecule has 1 heterocycles. The normalized spacial score (nSPS) is 10.0. The Morgan fingerprint density at radius 3 is 2.57 bits per heavy atom. The number of carbonyl (C=O) groups is 1. The largest absolute Gasteiger partial charge is 0.363 e. The van der Waals surface area contributed by atoms with Crippen LogP contribution in [0.3, 0.4) is 0 Å². The first-order valence-corrected chi connectivity index (χ1v) is 7.44. The molecule has 0 N–H and O–H groups in total. The SMILES string of the molecule is CN(C)c1cc(C(=O)N(CC#N)Cc2ccccc2)cc(Cl)n1. The first-order valence-electron chi connectivity index (χ1n) is 7.06. The van der Waals surface area contributed by atoms with Crippen LogP contribution in [0.5, 0.6) is 0 Å². The molecule has 0 radical (unpaired) electrons. The van der Waals surface area contributed by atoms with E-state index < -0.39 is 0 Å². The van der Waals surface area contributed by atoms with Crippen LogP contribution in [0, 0.1) is 11.3 Å². The number of hydrogen-bond donors (Lipinski definition) is 0. The Balaban J connectivity index is 2.29. The summed E-state index contributed by atoms with van der Waals surface area (Å²) in [7, 11) is 3.65. The average Bonchev–Trinajstić information content (AvgIpc) is 2.54. The Kier molecular flexibility index (Phi) is 5.56. The summed E-state index contributed by atoms with van der Waals surface area (Å²) < 4.78 is 0. The van der Waals surface area contributed by atoms with Gasteiger partial charge in [-0.05, 0) is 17.7 Å². The maximum atomic E-state index is 12.7. The number of rotatable bonds is 5. The summed E-state index contributed by atoms with van der Waals surface area (Å²) in [4.78, 5) is 20.2. The summed E-state index contributed by atoms with van der Waals surface area (Å²) in [5, 5.41) is 9.26. The minimum Gasteiger partial charge on any atom is -0.363 e. The minimum atomic E-state index is -0.247. The smallest absolute Gasteiger partial charge is 0.255 e. The van der Waals surface area contributed by atoms with Crippen LogP contribution in [0.2, 0.25) is 5.15 Å². The number of aromatic nitrogens is 1. The Hall–Kier alpha value is -2.58. The van der Waals surface area contributed by atoms with E-state index in [4.69, 9.17) is 16.9 Å². The monoisotopic (exact) mass is 328 g/mol. The molecule has 23 heavy (non-hydrogen) atoms. The Morgan fingerprint density at radius 1 is 1.26 bits per heavy atom. The van der Waals surface area contributed by atoms with Crippen molar-refractivity contribution in [3.8, 4) is 6.07 Å². The predicted octanol–water partition coefficient (Wildman–Crippen LogP) is 2.97. The summed E-state index contributed by atoms with van der Waals surface area (Å²) in [6, 6.07) is 14.8. The van der Waals surface area contributed by atoms with E-state index in [1.165, 1.54) is 11.0 Å². The average molecular weight is 329 g/mol. The molecule has 0 fully saturated rings. The second-order valence-corrected chi connectivity index (χ2v) is 5.62. The highest BCUT2D eigenvalue weighted by atomic mass is 35.5. The second kappa shape index (κ2) is 7.61. The van der Waals surface area contributed by atoms with Gasteiger partial charge in [0.15, 0.2) is 0 Å². The number of halogens is 1. The van der Waals surface area contributed by atoms with Crippen LogP contribution in [0.15, 0.2) is 42.5 Å². The Labute approximate surface area is 140 Å². The third-order valence-electron chi connectivity index (χ3n) is 3.25. The van der Waals surface area contributed by atoms with Crippen LogP contribution >= 0.6 is 11.6 Å². The fraction of sp³-hybridized carbons (Fsp3) is 0.235. The molecule has 118 valence electrons. The summed E-state index contributed by atoms with van der Waals surface area (Å²) in [5.74, 6) is 0.347. The zero-order chi connectivity index (χ0) is 16.8. The highest BCUT2D eigenvalue weighted by Gasteiger charge is 2.18. The molecule has 0 saturated carbocycles. The van der Waals surface area contributed by atoms with Crippen molar-refractivity contribution in [1.82, 2.24) is 9.88 Å². The van der Waals surface area contributed by atoms with Crippen LogP contribution in [-0.4, -0.2) is 36.4 Å². The van der Waals surface area contributed by atoms with Crippen molar-refractivity contribution in [3.05, 3.63) is 58.7 Å². The summed E-state index contributed by atoms with van der Waals surface area (Å²) in [6.07, 6.45) is 0. The zero-order valence-corrected chi connectivity index (χ0v) is 13.8. The fourth-order valence-electron chi connectivity index (χ4n) is 2.11. The number of amides is 1. The number of anilines is 1. The highest BCUT2D eigenvalue weighted by Crippen LogP contribution is 2.19. The Morgan fingerprint density at radius 2 is 1.96 bits per heavy atom. The highest BCUT2D eigenvalue weighted by molar-refractivity contribution is 6.29. The van der Waals surface area contributed by atoms with E-state index in [9.17, 15) is 4.79 Å². The predicted molar refractivity (Wildman–Crippen MR) is 90.4 cm³/mol. The van der Waals surface area contributed by atoms with E-state index in [1.807, 2.05) is 50.5 Å². The van der Waals surface area contributed by atoms with Crippen molar-refractivity contribution in [2.24, 2.45) is 0 Å². The second-order valence-electron chi connectivity index (χ2n) is 5.24. The lowest BCUT2D eigenvalue weighted by atomic mass is 10.1. The van der Waals surface area contributed by atoms with Crippen LogP contribution < -0.4 is 4.90 Å². The van der Waals surface area contributed by atoms with Crippen LogP contribution in [-0.2, 0) is 6.54 Å². The van der Waals surface area contributed by atoms with Gasteiger partial charge in [0.05, 0.1) is 6.07 Å².